The van der Waals surface area contributed by atoms with E-state index >= 15 is 0 Å². The first-order valence-corrected chi connectivity index (χ1v) is 8.53. The second-order valence-corrected chi connectivity index (χ2v) is 7.95. The maximum atomic E-state index is 11.0. The molecule has 1 rings (SSSR count). The van der Waals surface area contributed by atoms with Crippen LogP contribution in [0.15, 0.2) is 10.4 Å². The Kier molecular flexibility index (Phi) is 6.72. The molecule has 0 saturated carbocycles. The summed E-state index contributed by atoms with van der Waals surface area (Å²) in [5.41, 5.74) is -1.58. The first-order chi connectivity index (χ1) is 7.53. The number of thiazole rings is 1. The summed E-state index contributed by atoms with van der Waals surface area (Å²) in [6.45, 7) is 1.74. The minimum absolute atomic E-state index is 0. The van der Waals surface area contributed by atoms with Crippen LogP contribution in [0, 0.1) is 6.92 Å². The van der Waals surface area contributed by atoms with Crippen LogP contribution >= 0.6 is 26.5 Å². The van der Waals surface area contributed by atoms with Crippen molar-refractivity contribution in [2.24, 2.45) is 12.0 Å². The third kappa shape index (κ3) is 4.68. The zero-order chi connectivity index (χ0) is 13.4. The molecule has 1 radical (unpaired) electrons. The van der Waals surface area contributed by atoms with E-state index in [2.05, 4.69) is 4.99 Å². The van der Waals surface area contributed by atoms with Gasteiger partial charge in [0.2, 0.25) is 0 Å². The molecule has 99 valence electrons. The Bertz CT molecular complexity index is 549. The van der Waals surface area contributed by atoms with Gasteiger partial charge >= 0.3 is 15.2 Å². The van der Waals surface area contributed by atoms with E-state index in [-0.39, 0.29) is 34.4 Å². The van der Waals surface area contributed by atoms with Crippen molar-refractivity contribution in [3.63, 3.8) is 0 Å². The predicted octanol–water partition coefficient (Wildman–Crippen LogP) is -0.446. The fourth-order valence-corrected chi connectivity index (χ4v) is 4.16. The van der Waals surface area contributed by atoms with Gasteiger partial charge in [0.1, 0.15) is 0 Å². The first kappa shape index (κ1) is 18.7. The summed E-state index contributed by atoms with van der Waals surface area (Å²) in [6, 6.07) is 0. The van der Waals surface area contributed by atoms with Gasteiger partial charge in [0, 0.05) is 47.7 Å². The van der Waals surface area contributed by atoms with Crippen LogP contribution in [-0.2, 0) is 16.2 Å². The molecule has 1 aromatic heterocycles. The summed E-state index contributed by atoms with van der Waals surface area (Å²) in [4.78, 5) is 39.2. The zero-order valence-corrected chi connectivity index (χ0v) is 14.6. The quantitative estimate of drug-likeness (QED) is 0.440. The van der Waals surface area contributed by atoms with E-state index in [9.17, 15) is 9.13 Å². The van der Waals surface area contributed by atoms with Gasteiger partial charge in [-0.25, -0.2) is 4.99 Å². The van der Waals surface area contributed by atoms with Crippen LogP contribution in [0.2, 0.25) is 0 Å². The first-order valence-electron chi connectivity index (χ1n) is 4.29. The van der Waals surface area contributed by atoms with Crippen molar-refractivity contribution in [1.82, 2.24) is 4.57 Å². The monoisotopic (exact) mass is 325 g/mol. The molecule has 0 aliphatic rings. The van der Waals surface area contributed by atoms with E-state index < -0.39 is 20.7 Å². The molecular formula is C6H12N2NaO6P2S. The smallest absolute Gasteiger partial charge is 0.324 e. The van der Waals surface area contributed by atoms with Gasteiger partial charge in [-0.05, 0) is 6.92 Å². The molecule has 0 aliphatic carbocycles. The van der Waals surface area contributed by atoms with Crippen molar-refractivity contribution < 1.29 is 28.7 Å². The summed E-state index contributed by atoms with van der Waals surface area (Å²) < 4.78 is 23.5. The fraction of sp³-hybridized carbons (Fsp3) is 0.500. The van der Waals surface area contributed by atoms with Crippen LogP contribution in [-0.4, -0.2) is 59.2 Å². The second-order valence-electron chi connectivity index (χ2n) is 3.37. The van der Waals surface area contributed by atoms with Gasteiger partial charge in [-0.1, -0.05) is 0 Å². The van der Waals surface area contributed by atoms with Crippen molar-refractivity contribution >= 4 is 56.1 Å². The third-order valence-electron chi connectivity index (χ3n) is 1.98. The van der Waals surface area contributed by atoms with Gasteiger partial charge in [-0.2, -0.15) is 0 Å². The van der Waals surface area contributed by atoms with Crippen molar-refractivity contribution in [3.8, 4) is 0 Å². The minimum atomic E-state index is -5.01. The summed E-state index contributed by atoms with van der Waals surface area (Å²) in [6.07, 6.45) is 0. The molecule has 0 atom stereocenters. The minimum Gasteiger partial charge on any atom is -0.324 e. The van der Waals surface area contributed by atoms with E-state index in [0.717, 1.165) is 17.0 Å². The Labute approximate surface area is 129 Å². The van der Waals surface area contributed by atoms with Crippen LogP contribution in [0.25, 0.3) is 0 Å². The summed E-state index contributed by atoms with van der Waals surface area (Å²) in [5, 5.41) is 1.66. The Morgan fingerprint density at radius 3 is 2.00 bits per heavy atom. The maximum absolute atomic E-state index is 11.0. The third-order valence-corrected chi connectivity index (χ3v) is 6.27. The average molecular weight is 325 g/mol. The van der Waals surface area contributed by atoms with Crippen molar-refractivity contribution in [3.05, 3.63) is 15.9 Å². The number of rotatable bonds is 3. The number of hydrogen-bond acceptors (Lipinski definition) is 4. The van der Waals surface area contributed by atoms with Gasteiger partial charge < -0.3 is 24.1 Å². The van der Waals surface area contributed by atoms with E-state index in [1.807, 2.05) is 0 Å². The SMILES string of the molecule is Cc1cs/c(=N\C(P(=O)(O)O)P(=O)(O)O)n1C.[Na]. The van der Waals surface area contributed by atoms with E-state index in [0.29, 0.717) is 0 Å². The van der Waals surface area contributed by atoms with Gasteiger partial charge in [0.15, 0.2) is 4.80 Å². The fourth-order valence-electron chi connectivity index (χ4n) is 1.01. The Hall–Kier alpha value is 0.730. The van der Waals surface area contributed by atoms with Gasteiger partial charge in [0.05, 0.1) is 0 Å². The molecule has 1 aromatic rings. The molecule has 18 heavy (non-hydrogen) atoms. The molecule has 1 heterocycles. The van der Waals surface area contributed by atoms with Gasteiger partial charge in [-0.15, -0.1) is 11.3 Å². The Morgan fingerprint density at radius 2 is 1.72 bits per heavy atom. The summed E-state index contributed by atoms with van der Waals surface area (Å²) >= 11 is 1.05. The summed E-state index contributed by atoms with van der Waals surface area (Å²) in [7, 11) is -8.44. The zero-order valence-electron chi connectivity index (χ0n) is 9.96. The van der Waals surface area contributed by atoms with Crippen molar-refractivity contribution in [1.29, 1.82) is 0 Å². The van der Waals surface area contributed by atoms with Gasteiger partial charge in [0.25, 0.3) is 5.52 Å². The number of nitrogens with zero attached hydrogens (tertiary/aromatic N) is 2. The van der Waals surface area contributed by atoms with E-state index in [4.69, 9.17) is 19.6 Å². The van der Waals surface area contributed by atoms with Crippen LogP contribution in [0.3, 0.4) is 0 Å². The number of hydrogen-bond donors (Lipinski definition) is 4. The maximum Gasteiger partial charge on any atom is 0.362 e. The predicted molar refractivity (Wildman–Crippen MR) is 67.2 cm³/mol. The second kappa shape index (κ2) is 6.45. The van der Waals surface area contributed by atoms with Crippen molar-refractivity contribution in [2.75, 3.05) is 0 Å². The molecule has 4 N–H and O–H groups in total. The Balaban J connectivity index is 0.00000289. The molecule has 0 aliphatic heterocycles. The molecule has 0 bridgehead atoms. The number of aryl methyl sites for hydroxylation is 1. The van der Waals surface area contributed by atoms with Gasteiger partial charge in [-0.3, -0.25) is 9.13 Å². The molecule has 0 unspecified atom stereocenters. The molecular weight excluding hydrogens is 313 g/mol. The molecule has 8 nitrogen and oxygen atoms in total. The van der Waals surface area contributed by atoms with Crippen LogP contribution in [0.4, 0.5) is 0 Å². The Morgan fingerprint density at radius 1 is 1.28 bits per heavy atom. The molecule has 12 heteroatoms. The normalized spacial score (nSPS) is 13.8. The molecule has 0 fully saturated rings. The van der Waals surface area contributed by atoms with Crippen LogP contribution < -0.4 is 4.80 Å². The molecule has 0 amide bonds. The van der Waals surface area contributed by atoms with Crippen LogP contribution in [0.1, 0.15) is 5.69 Å². The van der Waals surface area contributed by atoms with Crippen LogP contribution in [0.5, 0.6) is 0 Å². The summed E-state index contributed by atoms with van der Waals surface area (Å²) in [5.74, 6) is 0. The molecule has 0 spiro atoms. The average Bonchev–Trinajstić information content (AvgIpc) is 2.40. The van der Waals surface area contributed by atoms with E-state index in [1.54, 1.807) is 19.4 Å². The van der Waals surface area contributed by atoms with Crippen molar-refractivity contribution in [2.45, 2.75) is 12.4 Å². The molecule has 0 saturated heterocycles. The topological polar surface area (TPSA) is 132 Å². The largest absolute Gasteiger partial charge is 0.362 e. The number of aromatic nitrogens is 1. The van der Waals surface area contributed by atoms with E-state index in [1.165, 1.54) is 4.57 Å². The molecule has 0 aromatic carbocycles. The standard InChI is InChI=1S/C6H12N2O6P2S.Na/c1-4-3-17-5(8(4)2)7-6(15(9,10)11)16(12,13)14;/h3,6H,1-2H3,(H2,9,10,11)(H2,12,13,14);/b7-5-;.